The molecule has 1 fully saturated rings. The summed E-state index contributed by atoms with van der Waals surface area (Å²) in [6.45, 7) is 1.14. The maximum atomic E-state index is 12.7. The molecule has 0 radical (unpaired) electrons. The topological polar surface area (TPSA) is 79.4 Å². The summed E-state index contributed by atoms with van der Waals surface area (Å²) in [5.41, 5.74) is 0.650. The Morgan fingerprint density at radius 2 is 2.04 bits per heavy atom. The molecule has 0 bridgehead atoms. The molecule has 9 heteroatoms. The maximum absolute atomic E-state index is 12.7. The van der Waals surface area contributed by atoms with E-state index in [9.17, 15) is 13.2 Å². The van der Waals surface area contributed by atoms with Gasteiger partial charge in [0.25, 0.3) is 0 Å². The number of hydrogen-bond donors (Lipinski definition) is 1. The summed E-state index contributed by atoms with van der Waals surface area (Å²) in [5, 5.41) is 2.99. The van der Waals surface area contributed by atoms with Crippen molar-refractivity contribution in [2.45, 2.75) is 24.2 Å². The Bertz CT molecular complexity index is 829. The highest BCUT2D eigenvalue weighted by molar-refractivity contribution is 7.89. The molecule has 0 spiro atoms. The third kappa shape index (κ3) is 3.50. The van der Waals surface area contributed by atoms with Crippen LogP contribution in [0.4, 0.5) is 5.13 Å². The highest BCUT2D eigenvalue weighted by Crippen LogP contribution is 2.30. The summed E-state index contributed by atoms with van der Waals surface area (Å²) in [7, 11) is -3.47. The van der Waals surface area contributed by atoms with Crippen LogP contribution in [0.2, 0.25) is 0 Å². The second-order valence-electron chi connectivity index (χ2n) is 5.30. The number of sulfonamides is 1. The first-order chi connectivity index (χ1) is 11.0. The van der Waals surface area contributed by atoms with Gasteiger partial charge in [-0.1, -0.05) is 17.8 Å². The van der Waals surface area contributed by atoms with E-state index >= 15 is 0 Å². The molecule has 2 heterocycles. The van der Waals surface area contributed by atoms with Gasteiger partial charge in [0.05, 0.1) is 15.1 Å². The molecule has 0 unspecified atom stereocenters. The lowest BCUT2D eigenvalue weighted by atomic mass is 10.2. The first-order valence-electron chi connectivity index (χ1n) is 7.27. The second kappa shape index (κ2) is 6.72. The number of carbonyl (C=O) groups excluding carboxylic acids is 1. The van der Waals surface area contributed by atoms with Crippen molar-refractivity contribution < 1.29 is 13.2 Å². The predicted molar refractivity (Wildman–Crippen MR) is 91.6 cm³/mol. The number of nitrogens with zero attached hydrogens (tertiary/aromatic N) is 2. The van der Waals surface area contributed by atoms with Gasteiger partial charge in [-0.15, -0.1) is 11.6 Å². The number of halogens is 1. The molecule has 3 rings (SSSR count). The van der Waals surface area contributed by atoms with Gasteiger partial charge in [-0.3, -0.25) is 4.79 Å². The summed E-state index contributed by atoms with van der Waals surface area (Å²) in [5.74, 6) is -0.489. The van der Waals surface area contributed by atoms with Crippen LogP contribution in [0.3, 0.4) is 0 Å². The number of aromatic nitrogens is 1. The summed E-state index contributed by atoms with van der Waals surface area (Å²) in [6.07, 6.45) is 2.87. The van der Waals surface area contributed by atoms with Crippen LogP contribution in [0.1, 0.15) is 19.3 Å². The standard InChI is InChI=1S/C14H16ClN3O3S2/c15-9-13(19)17-14-16-11-5-4-10(8-12(11)22-14)23(20,21)18-6-2-1-3-7-18/h4-5,8H,1-3,6-7,9H2,(H,16,17,19). The van der Waals surface area contributed by atoms with Crippen LogP contribution in [0.25, 0.3) is 10.2 Å². The number of alkyl halides is 1. The largest absolute Gasteiger partial charge is 0.301 e. The van der Waals surface area contributed by atoms with Crippen LogP contribution in [0, 0.1) is 0 Å². The zero-order valence-corrected chi connectivity index (χ0v) is 14.7. The number of carbonyl (C=O) groups is 1. The minimum atomic E-state index is -3.47. The average molecular weight is 374 g/mol. The van der Waals surface area contributed by atoms with Gasteiger partial charge in [0, 0.05) is 13.1 Å². The molecule has 0 saturated carbocycles. The quantitative estimate of drug-likeness (QED) is 0.835. The van der Waals surface area contributed by atoms with Crippen molar-refractivity contribution >= 4 is 54.2 Å². The van der Waals surface area contributed by atoms with E-state index in [4.69, 9.17) is 11.6 Å². The fraction of sp³-hybridized carbons (Fsp3) is 0.429. The number of amides is 1. The van der Waals surface area contributed by atoms with E-state index in [0.29, 0.717) is 28.4 Å². The van der Waals surface area contributed by atoms with Gasteiger partial charge in [-0.25, -0.2) is 13.4 Å². The molecule has 124 valence electrons. The van der Waals surface area contributed by atoms with Crippen LogP contribution in [-0.2, 0) is 14.8 Å². The zero-order valence-electron chi connectivity index (χ0n) is 12.3. The zero-order chi connectivity index (χ0) is 16.4. The number of anilines is 1. The normalized spacial score (nSPS) is 16.6. The minimum absolute atomic E-state index is 0.148. The van der Waals surface area contributed by atoms with Crippen molar-refractivity contribution in [1.82, 2.24) is 9.29 Å². The molecule has 1 aliphatic heterocycles. The van der Waals surface area contributed by atoms with Crippen LogP contribution < -0.4 is 5.32 Å². The lowest BCUT2D eigenvalue weighted by Gasteiger charge is -2.25. The lowest BCUT2D eigenvalue weighted by Crippen LogP contribution is -2.35. The maximum Gasteiger partial charge on any atom is 0.243 e. The van der Waals surface area contributed by atoms with Crippen molar-refractivity contribution in [2.75, 3.05) is 24.3 Å². The smallest absolute Gasteiger partial charge is 0.243 e. The van der Waals surface area contributed by atoms with Crippen molar-refractivity contribution in [1.29, 1.82) is 0 Å². The van der Waals surface area contributed by atoms with E-state index in [-0.39, 0.29) is 16.7 Å². The Hall–Kier alpha value is -1.22. The Morgan fingerprint density at radius 3 is 2.74 bits per heavy atom. The number of fused-ring (bicyclic) bond motifs is 1. The number of hydrogen-bond acceptors (Lipinski definition) is 5. The van der Waals surface area contributed by atoms with Crippen LogP contribution in [-0.4, -0.2) is 42.6 Å². The lowest BCUT2D eigenvalue weighted by molar-refractivity contribution is -0.113. The molecule has 0 atom stereocenters. The van der Waals surface area contributed by atoms with E-state index in [1.165, 1.54) is 15.6 Å². The molecule has 1 aromatic heterocycles. The van der Waals surface area contributed by atoms with Crippen molar-refractivity contribution in [3.8, 4) is 0 Å². The molecular formula is C14H16ClN3O3S2. The number of benzene rings is 1. The van der Waals surface area contributed by atoms with Gasteiger partial charge in [-0.05, 0) is 31.0 Å². The van der Waals surface area contributed by atoms with Crippen molar-refractivity contribution in [3.63, 3.8) is 0 Å². The van der Waals surface area contributed by atoms with Crippen molar-refractivity contribution in [2.24, 2.45) is 0 Å². The fourth-order valence-corrected chi connectivity index (χ4v) is 5.13. The Kier molecular flexibility index (Phi) is 4.86. The van der Waals surface area contributed by atoms with Crippen LogP contribution in [0.5, 0.6) is 0 Å². The van der Waals surface area contributed by atoms with Gasteiger partial charge in [0.2, 0.25) is 15.9 Å². The SMILES string of the molecule is O=C(CCl)Nc1nc2ccc(S(=O)(=O)N3CCCCC3)cc2s1. The molecular weight excluding hydrogens is 358 g/mol. The molecule has 23 heavy (non-hydrogen) atoms. The molecule has 2 aromatic rings. The highest BCUT2D eigenvalue weighted by atomic mass is 35.5. The van der Waals surface area contributed by atoms with E-state index in [1.807, 2.05) is 0 Å². The van der Waals surface area contributed by atoms with Gasteiger partial charge < -0.3 is 5.32 Å². The fourth-order valence-electron chi connectivity index (χ4n) is 2.53. The molecule has 0 aliphatic carbocycles. The van der Waals surface area contributed by atoms with Gasteiger partial charge in [-0.2, -0.15) is 4.31 Å². The number of piperidine rings is 1. The first-order valence-corrected chi connectivity index (χ1v) is 10.1. The molecule has 1 aromatic carbocycles. The number of thiazole rings is 1. The third-order valence-corrected chi connectivity index (χ3v) is 6.75. The van der Waals surface area contributed by atoms with Gasteiger partial charge >= 0.3 is 0 Å². The van der Waals surface area contributed by atoms with E-state index < -0.39 is 10.0 Å². The van der Waals surface area contributed by atoms with Crippen LogP contribution in [0.15, 0.2) is 23.1 Å². The van der Waals surface area contributed by atoms with E-state index in [2.05, 4.69) is 10.3 Å². The summed E-state index contributed by atoms with van der Waals surface area (Å²) < 4.78 is 27.6. The molecule has 6 nitrogen and oxygen atoms in total. The summed E-state index contributed by atoms with van der Waals surface area (Å²) >= 11 is 6.68. The molecule has 1 amide bonds. The van der Waals surface area contributed by atoms with E-state index in [1.54, 1.807) is 18.2 Å². The third-order valence-electron chi connectivity index (χ3n) is 3.68. The van der Waals surface area contributed by atoms with Gasteiger partial charge in [0.1, 0.15) is 5.88 Å². The highest BCUT2D eigenvalue weighted by Gasteiger charge is 2.26. The van der Waals surface area contributed by atoms with Crippen LogP contribution >= 0.6 is 22.9 Å². The predicted octanol–water partition coefficient (Wildman–Crippen LogP) is 2.65. The first kappa shape index (κ1) is 16.6. The Balaban J connectivity index is 1.91. The number of nitrogens with one attached hydrogen (secondary N) is 1. The summed E-state index contributed by atoms with van der Waals surface area (Å²) in [4.78, 5) is 15.8. The molecule has 1 saturated heterocycles. The summed E-state index contributed by atoms with van der Waals surface area (Å²) in [6, 6.07) is 4.85. The minimum Gasteiger partial charge on any atom is -0.301 e. The van der Waals surface area contributed by atoms with Gasteiger partial charge in [0.15, 0.2) is 5.13 Å². The number of rotatable bonds is 4. The van der Waals surface area contributed by atoms with E-state index in [0.717, 1.165) is 19.3 Å². The Labute approximate surface area is 143 Å². The Morgan fingerprint density at radius 1 is 1.30 bits per heavy atom. The molecule has 1 aliphatic rings. The average Bonchev–Trinajstić information content (AvgIpc) is 2.96. The molecule has 1 N–H and O–H groups in total. The van der Waals surface area contributed by atoms with Crippen molar-refractivity contribution in [3.05, 3.63) is 18.2 Å². The monoisotopic (exact) mass is 373 g/mol. The second-order valence-corrected chi connectivity index (χ2v) is 8.53.